The molecule has 0 heterocycles. The van der Waals surface area contributed by atoms with Crippen LogP contribution in [0.25, 0.3) is 0 Å². The Labute approximate surface area is 186 Å². The average molecular weight is 466 g/mol. The van der Waals surface area contributed by atoms with Gasteiger partial charge in [0.1, 0.15) is 0 Å². The van der Waals surface area contributed by atoms with E-state index < -0.39 is 43.9 Å². The van der Waals surface area contributed by atoms with Crippen molar-refractivity contribution in [3.63, 3.8) is 0 Å². The monoisotopic (exact) mass is 467 g/mol. The third kappa shape index (κ3) is 77100. The fourth-order valence-corrected chi connectivity index (χ4v) is 0. The molecule has 0 saturated heterocycles. The van der Waals surface area contributed by atoms with E-state index in [1.807, 2.05) is 0 Å². The van der Waals surface area contributed by atoms with E-state index in [1.54, 1.807) is 0 Å². The largest absolute Gasteiger partial charge is 0.631 e. The predicted molar refractivity (Wildman–Crippen MR) is 94.7 cm³/mol. The van der Waals surface area contributed by atoms with E-state index in [0.717, 1.165) is 0 Å². The zero-order valence-electron chi connectivity index (χ0n) is 14.5. The zero-order chi connectivity index (χ0) is 21.5. The van der Waals surface area contributed by atoms with Gasteiger partial charge in [0.25, 0.3) is 0 Å². The normalized spacial score (nSPS) is 5.59. The van der Waals surface area contributed by atoms with Gasteiger partial charge in [-0.05, 0) is 0 Å². The third-order valence-corrected chi connectivity index (χ3v) is 0. The molecule has 26 N–H and O–H groups in total. The summed E-state index contributed by atoms with van der Waals surface area (Å²) in [4.78, 5) is 0. The SMILES string of the molecule is O.O.O.O.OB(O)O.OB(O)O.OB(O)O.OB(O)O.OB(O)O.OB(O)O.[Na]. The van der Waals surface area contributed by atoms with E-state index >= 15 is 0 Å². The van der Waals surface area contributed by atoms with Gasteiger partial charge >= 0.3 is 43.9 Å². The molecule has 0 atom stereocenters. The van der Waals surface area contributed by atoms with E-state index in [-0.39, 0.29) is 51.5 Å². The van der Waals surface area contributed by atoms with E-state index in [1.165, 1.54) is 0 Å². The van der Waals surface area contributed by atoms with Crippen molar-refractivity contribution in [1.82, 2.24) is 0 Å². The van der Waals surface area contributed by atoms with Crippen LogP contribution < -0.4 is 0 Å². The van der Waals surface area contributed by atoms with Gasteiger partial charge < -0.3 is 112 Å². The molecule has 0 aromatic rings. The smallest absolute Gasteiger partial charge is 0.412 e. The molecule has 0 amide bonds. The molecule has 22 nitrogen and oxygen atoms in total. The third-order valence-electron chi connectivity index (χ3n) is 0. The standard InChI is InChI=1S/6BH3O3.Na.4H2O/c6*2-1(3)4;;;;;/h6*2-4H;;4*1H2. The van der Waals surface area contributed by atoms with Gasteiger partial charge in [0.05, 0.1) is 0 Å². The molecule has 0 aliphatic heterocycles. The molecule has 29 heavy (non-hydrogen) atoms. The van der Waals surface area contributed by atoms with Crippen molar-refractivity contribution in [1.29, 1.82) is 0 Å². The Morgan fingerprint density at radius 3 is 0.207 bits per heavy atom. The first-order valence-corrected chi connectivity index (χ1v) is 4.65. The Bertz CT molecular complexity index is 102. The Hall–Kier alpha value is 0.510. The first-order chi connectivity index (χ1) is 10.4. The van der Waals surface area contributed by atoms with Crippen LogP contribution in [0.5, 0.6) is 0 Å². The Morgan fingerprint density at radius 1 is 0.207 bits per heavy atom. The van der Waals surface area contributed by atoms with Crippen LogP contribution in [0.4, 0.5) is 0 Å². The van der Waals surface area contributed by atoms with Crippen LogP contribution in [-0.2, 0) is 0 Å². The van der Waals surface area contributed by atoms with Crippen LogP contribution in [0.15, 0.2) is 0 Å². The molecule has 0 aliphatic carbocycles. The predicted octanol–water partition coefficient (Wildman–Crippen LogP) is -16.0. The van der Waals surface area contributed by atoms with Crippen LogP contribution in [0.2, 0.25) is 0 Å². The molecule has 0 fully saturated rings. The summed E-state index contributed by atoms with van der Waals surface area (Å²) in [6.07, 6.45) is 0. The molecular weight excluding hydrogens is 440 g/mol. The summed E-state index contributed by atoms with van der Waals surface area (Å²) in [7, 11) is -13.0. The maximum absolute atomic E-state index is 7.17. The first kappa shape index (κ1) is 70.0. The van der Waals surface area contributed by atoms with Crippen molar-refractivity contribution in [3.8, 4) is 0 Å². The molecule has 0 bridgehead atoms. The molecule has 0 spiro atoms. The summed E-state index contributed by atoms with van der Waals surface area (Å²) in [5.41, 5.74) is 0. The van der Waals surface area contributed by atoms with Gasteiger partial charge in [0.2, 0.25) is 0 Å². The number of hydrogen-bond acceptors (Lipinski definition) is 18. The molecule has 0 unspecified atom stereocenters. The minimum absolute atomic E-state index is 0. The quantitative estimate of drug-likeness (QED) is 0.147. The molecule has 0 rings (SSSR count). The summed E-state index contributed by atoms with van der Waals surface area (Å²) >= 11 is 0. The fraction of sp³-hybridized carbons (Fsp3) is 0. The summed E-state index contributed by atoms with van der Waals surface area (Å²) in [6.45, 7) is 0. The van der Waals surface area contributed by atoms with Crippen LogP contribution >= 0.6 is 0 Å². The van der Waals surface area contributed by atoms with Gasteiger partial charge in [-0.2, -0.15) is 0 Å². The van der Waals surface area contributed by atoms with Crippen molar-refractivity contribution in [2.24, 2.45) is 0 Å². The minimum atomic E-state index is -2.17. The van der Waals surface area contributed by atoms with Crippen LogP contribution in [0, 0.1) is 0 Å². The maximum Gasteiger partial charge on any atom is 0.631 e. The number of rotatable bonds is 0. The topological polar surface area (TPSA) is 490 Å². The van der Waals surface area contributed by atoms with Crippen molar-refractivity contribution in [2.75, 3.05) is 0 Å². The minimum Gasteiger partial charge on any atom is -0.412 e. The first-order valence-electron chi connectivity index (χ1n) is 4.65. The Morgan fingerprint density at radius 2 is 0.207 bits per heavy atom. The van der Waals surface area contributed by atoms with Crippen molar-refractivity contribution in [2.45, 2.75) is 0 Å². The van der Waals surface area contributed by atoms with Crippen molar-refractivity contribution < 1.29 is 112 Å². The molecule has 0 aromatic carbocycles. The second-order valence-corrected chi connectivity index (χ2v) is 2.08. The van der Waals surface area contributed by atoms with E-state index in [9.17, 15) is 0 Å². The van der Waals surface area contributed by atoms with Gasteiger partial charge in [0.15, 0.2) is 0 Å². The van der Waals surface area contributed by atoms with Gasteiger partial charge in [-0.15, -0.1) is 0 Å². The number of hydrogen-bond donors (Lipinski definition) is 18. The maximum atomic E-state index is 7.17. The van der Waals surface area contributed by atoms with Gasteiger partial charge in [-0.1, -0.05) is 0 Å². The molecule has 1 radical (unpaired) electrons. The summed E-state index contributed by atoms with van der Waals surface area (Å²) in [5.74, 6) is 0. The Kier molecular flexibility index (Phi) is 152. The average Bonchev–Trinajstić information content (AvgIpc) is 2.08. The molecular formula is H26B6NaO22. The van der Waals surface area contributed by atoms with Gasteiger partial charge in [0, 0.05) is 29.6 Å². The molecule has 0 aliphatic rings. The Balaban J connectivity index is -0.0000000144. The van der Waals surface area contributed by atoms with E-state index in [2.05, 4.69) is 0 Å². The molecule has 0 aromatic heterocycles. The zero-order valence-corrected chi connectivity index (χ0v) is 16.5. The van der Waals surface area contributed by atoms with Gasteiger partial charge in [-0.3, -0.25) is 0 Å². The van der Waals surface area contributed by atoms with Crippen molar-refractivity contribution >= 4 is 73.5 Å². The van der Waals surface area contributed by atoms with Crippen molar-refractivity contribution in [3.05, 3.63) is 0 Å². The van der Waals surface area contributed by atoms with Gasteiger partial charge in [-0.25, -0.2) is 0 Å². The fourth-order valence-electron chi connectivity index (χ4n) is 0. The van der Waals surface area contributed by atoms with E-state index in [4.69, 9.17) is 90.4 Å². The summed E-state index contributed by atoms with van der Waals surface area (Å²) < 4.78 is 0. The second-order valence-electron chi connectivity index (χ2n) is 2.08. The molecule has 29 heteroatoms. The molecule has 0 saturated carbocycles. The van der Waals surface area contributed by atoms with Crippen LogP contribution in [0.1, 0.15) is 0 Å². The van der Waals surface area contributed by atoms with Crippen LogP contribution in [-0.4, -0.2) is 186 Å². The summed E-state index contributed by atoms with van der Waals surface area (Å²) in [6, 6.07) is 0. The van der Waals surface area contributed by atoms with E-state index in [0.29, 0.717) is 0 Å². The second kappa shape index (κ2) is 63.0. The molecule has 177 valence electrons. The summed E-state index contributed by atoms with van der Waals surface area (Å²) in [5, 5.41) is 129. The van der Waals surface area contributed by atoms with Crippen LogP contribution in [0.3, 0.4) is 0 Å².